The van der Waals surface area contributed by atoms with Gasteiger partial charge < -0.3 is 5.32 Å². The summed E-state index contributed by atoms with van der Waals surface area (Å²) >= 11 is 0. The van der Waals surface area contributed by atoms with Crippen LogP contribution >= 0.6 is 0 Å². The zero-order valence-corrected chi connectivity index (χ0v) is 10.3. The first-order valence-electron chi connectivity index (χ1n) is 5.93. The van der Waals surface area contributed by atoms with Crippen LogP contribution in [0.3, 0.4) is 0 Å². The summed E-state index contributed by atoms with van der Waals surface area (Å²) in [5, 5.41) is 13.5. The third-order valence-corrected chi connectivity index (χ3v) is 2.64. The van der Waals surface area contributed by atoms with E-state index in [9.17, 15) is 10.1 Å². The largest absolute Gasteiger partial charge is 0.381 e. The van der Waals surface area contributed by atoms with Gasteiger partial charge in [0.25, 0.3) is 0 Å². The van der Waals surface area contributed by atoms with Crippen molar-refractivity contribution in [3.63, 3.8) is 0 Å². The van der Waals surface area contributed by atoms with Crippen molar-refractivity contribution in [1.29, 1.82) is 0 Å². The number of benzene rings is 2. The third kappa shape index (κ3) is 4.27. The minimum Gasteiger partial charge on any atom is -0.381 e. The summed E-state index contributed by atoms with van der Waals surface area (Å²) in [6, 6.07) is 17.6. The van der Waals surface area contributed by atoms with Crippen LogP contribution in [0.5, 0.6) is 0 Å². The maximum absolute atomic E-state index is 10.2. The minimum absolute atomic E-state index is 0.471. The maximum atomic E-state index is 10.2. The summed E-state index contributed by atoms with van der Waals surface area (Å²) in [6.07, 6.45) is 2.41. The van der Waals surface area contributed by atoms with E-state index >= 15 is 0 Å². The Morgan fingerprint density at radius 3 is 2.37 bits per heavy atom. The monoisotopic (exact) mass is 254 g/mol. The molecule has 0 fully saturated rings. The fourth-order valence-corrected chi connectivity index (χ4v) is 1.66. The first-order valence-corrected chi connectivity index (χ1v) is 5.93. The van der Waals surface area contributed by atoms with Gasteiger partial charge in [-0.25, -0.2) is 0 Å². The summed E-state index contributed by atoms with van der Waals surface area (Å²) in [4.78, 5) is 9.73. The predicted molar refractivity (Wildman–Crippen MR) is 76.2 cm³/mol. The molecular weight excluding hydrogens is 240 g/mol. The van der Waals surface area contributed by atoms with Gasteiger partial charge in [0.2, 0.25) is 6.20 Å². The number of anilines is 1. The lowest BCUT2D eigenvalue weighted by Gasteiger charge is -2.06. The Hall–Kier alpha value is -2.62. The molecule has 0 bridgehead atoms. The van der Waals surface area contributed by atoms with Crippen molar-refractivity contribution in [3.05, 3.63) is 82.0 Å². The standard InChI is InChI=1S/C15H14N2O2/c18-17(19)11-10-13-6-8-15(9-7-13)16-12-14-4-2-1-3-5-14/h1-11,16H,12H2. The quantitative estimate of drug-likeness (QED) is 0.655. The van der Waals surface area contributed by atoms with Crippen molar-refractivity contribution in [1.82, 2.24) is 0 Å². The van der Waals surface area contributed by atoms with E-state index in [0.717, 1.165) is 24.0 Å². The molecule has 4 heteroatoms. The van der Waals surface area contributed by atoms with Gasteiger partial charge in [-0.05, 0) is 23.3 Å². The normalized spacial score (nSPS) is 10.5. The van der Waals surface area contributed by atoms with Crippen molar-refractivity contribution in [2.45, 2.75) is 6.54 Å². The van der Waals surface area contributed by atoms with E-state index in [-0.39, 0.29) is 0 Å². The average Bonchev–Trinajstić information content (AvgIpc) is 2.45. The Morgan fingerprint density at radius 2 is 1.74 bits per heavy atom. The van der Waals surface area contributed by atoms with E-state index in [1.165, 1.54) is 11.6 Å². The Kier molecular flexibility index (Phi) is 4.29. The van der Waals surface area contributed by atoms with Gasteiger partial charge >= 0.3 is 0 Å². The second kappa shape index (κ2) is 6.35. The molecule has 0 saturated carbocycles. The molecule has 96 valence electrons. The fourth-order valence-electron chi connectivity index (χ4n) is 1.66. The molecule has 2 rings (SSSR count). The maximum Gasteiger partial charge on any atom is 0.235 e. The molecule has 2 aromatic carbocycles. The molecule has 0 atom stereocenters. The zero-order chi connectivity index (χ0) is 13.5. The molecule has 0 radical (unpaired) electrons. The molecule has 0 aliphatic heterocycles. The SMILES string of the molecule is O=[N+]([O-])C=Cc1ccc(NCc2ccccc2)cc1. The van der Waals surface area contributed by atoms with Crippen LogP contribution in [-0.4, -0.2) is 4.92 Å². The average molecular weight is 254 g/mol. The van der Waals surface area contributed by atoms with Crippen LogP contribution in [0.2, 0.25) is 0 Å². The summed E-state index contributed by atoms with van der Waals surface area (Å²) in [6.45, 7) is 0.755. The van der Waals surface area contributed by atoms with Crippen molar-refractivity contribution in [3.8, 4) is 0 Å². The summed E-state index contributed by atoms with van der Waals surface area (Å²) in [5.41, 5.74) is 3.00. The van der Waals surface area contributed by atoms with E-state index < -0.39 is 4.92 Å². The van der Waals surface area contributed by atoms with Gasteiger partial charge in [-0.15, -0.1) is 0 Å². The number of nitrogens with zero attached hydrogens (tertiary/aromatic N) is 1. The van der Waals surface area contributed by atoms with Crippen LogP contribution in [0.4, 0.5) is 5.69 Å². The summed E-state index contributed by atoms with van der Waals surface area (Å²) in [7, 11) is 0. The lowest BCUT2D eigenvalue weighted by molar-refractivity contribution is -0.400. The molecule has 0 aliphatic carbocycles. The second-order valence-corrected chi connectivity index (χ2v) is 4.06. The highest BCUT2D eigenvalue weighted by Crippen LogP contribution is 2.12. The number of nitro groups is 1. The van der Waals surface area contributed by atoms with Crippen LogP contribution in [-0.2, 0) is 6.54 Å². The Morgan fingerprint density at radius 1 is 1.05 bits per heavy atom. The summed E-state index contributed by atoms with van der Waals surface area (Å²) < 4.78 is 0. The van der Waals surface area contributed by atoms with E-state index in [0.29, 0.717) is 0 Å². The van der Waals surface area contributed by atoms with Gasteiger partial charge in [0.05, 0.1) is 4.92 Å². The van der Waals surface area contributed by atoms with E-state index in [1.54, 1.807) is 0 Å². The van der Waals surface area contributed by atoms with Crippen molar-refractivity contribution in [2.24, 2.45) is 0 Å². The molecule has 0 aromatic heterocycles. The minimum atomic E-state index is -0.471. The smallest absolute Gasteiger partial charge is 0.235 e. The van der Waals surface area contributed by atoms with E-state index in [4.69, 9.17) is 0 Å². The molecule has 0 unspecified atom stereocenters. The lowest BCUT2D eigenvalue weighted by atomic mass is 10.2. The third-order valence-electron chi connectivity index (χ3n) is 2.64. The second-order valence-electron chi connectivity index (χ2n) is 4.06. The molecule has 2 aromatic rings. The van der Waals surface area contributed by atoms with Crippen molar-refractivity contribution in [2.75, 3.05) is 5.32 Å². The van der Waals surface area contributed by atoms with Crippen LogP contribution in [0.1, 0.15) is 11.1 Å². The molecular formula is C15H14N2O2. The van der Waals surface area contributed by atoms with Gasteiger partial charge in [0.15, 0.2) is 0 Å². The highest BCUT2D eigenvalue weighted by molar-refractivity contribution is 5.54. The van der Waals surface area contributed by atoms with Crippen LogP contribution < -0.4 is 5.32 Å². The molecule has 0 saturated heterocycles. The van der Waals surface area contributed by atoms with E-state index in [2.05, 4.69) is 17.4 Å². The molecule has 4 nitrogen and oxygen atoms in total. The number of rotatable bonds is 5. The zero-order valence-electron chi connectivity index (χ0n) is 10.3. The van der Waals surface area contributed by atoms with Gasteiger partial charge in [-0.3, -0.25) is 10.1 Å². The van der Waals surface area contributed by atoms with Crippen LogP contribution in [0.25, 0.3) is 6.08 Å². The Labute approximate surface area is 111 Å². The highest BCUT2D eigenvalue weighted by atomic mass is 16.6. The Bertz CT molecular complexity index is 562. The molecule has 0 amide bonds. The number of hydrogen-bond donors (Lipinski definition) is 1. The first kappa shape index (κ1) is 12.8. The predicted octanol–water partition coefficient (Wildman–Crippen LogP) is 3.55. The highest BCUT2D eigenvalue weighted by Gasteiger charge is 1.94. The fraction of sp³-hybridized carbons (Fsp3) is 0.0667. The van der Waals surface area contributed by atoms with E-state index in [1.807, 2.05) is 42.5 Å². The van der Waals surface area contributed by atoms with Crippen LogP contribution in [0.15, 0.2) is 60.8 Å². The molecule has 0 aliphatic rings. The number of hydrogen-bond acceptors (Lipinski definition) is 3. The van der Waals surface area contributed by atoms with Crippen molar-refractivity contribution < 1.29 is 4.92 Å². The van der Waals surface area contributed by atoms with Gasteiger partial charge in [-0.2, -0.15) is 0 Å². The topological polar surface area (TPSA) is 55.2 Å². The molecule has 19 heavy (non-hydrogen) atoms. The van der Waals surface area contributed by atoms with Crippen LogP contribution in [0, 0.1) is 10.1 Å². The molecule has 1 N–H and O–H groups in total. The number of nitrogens with one attached hydrogen (secondary N) is 1. The van der Waals surface area contributed by atoms with Gasteiger partial charge in [-0.1, -0.05) is 42.5 Å². The lowest BCUT2D eigenvalue weighted by Crippen LogP contribution is -1.98. The molecule has 0 heterocycles. The van der Waals surface area contributed by atoms with Gasteiger partial charge in [0, 0.05) is 18.3 Å². The summed E-state index contributed by atoms with van der Waals surface area (Å²) in [5.74, 6) is 0. The van der Waals surface area contributed by atoms with Crippen molar-refractivity contribution >= 4 is 11.8 Å². The first-order chi connectivity index (χ1) is 9.24. The molecule has 0 spiro atoms. The van der Waals surface area contributed by atoms with Gasteiger partial charge in [0.1, 0.15) is 0 Å². The Balaban J connectivity index is 1.94.